The van der Waals surface area contributed by atoms with E-state index in [4.69, 9.17) is 17.3 Å². The maximum atomic E-state index is 6.03. The van der Waals surface area contributed by atoms with Gasteiger partial charge in [0.15, 0.2) is 0 Å². The SMILES string of the molecule is Nc1ccc2nc(NCc3ccc(N4CCC(c5ccc(Cl)cc5)CC4)cc3)[nH]c2c1. The zero-order valence-corrected chi connectivity index (χ0v) is 18.1. The number of fused-ring (bicyclic) bond motifs is 1. The topological polar surface area (TPSA) is 70.0 Å². The molecule has 31 heavy (non-hydrogen) atoms. The van der Waals surface area contributed by atoms with Gasteiger partial charge in [-0.2, -0.15) is 0 Å². The highest BCUT2D eigenvalue weighted by molar-refractivity contribution is 6.30. The number of hydrogen-bond acceptors (Lipinski definition) is 4. The number of nitrogens with zero attached hydrogens (tertiary/aromatic N) is 2. The molecule has 5 nitrogen and oxygen atoms in total. The van der Waals surface area contributed by atoms with E-state index in [1.54, 1.807) is 0 Å². The second-order valence-electron chi connectivity index (χ2n) is 8.19. The third-order valence-electron chi connectivity index (χ3n) is 6.10. The van der Waals surface area contributed by atoms with Crippen LogP contribution in [0, 0.1) is 0 Å². The highest BCUT2D eigenvalue weighted by atomic mass is 35.5. The van der Waals surface area contributed by atoms with Gasteiger partial charge in [-0.1, -0.05) is 35.9 Å². The van der Waals surface area contributed by atoms with Crippen LogP contribution < -0.4 is 16.0 Å². The predicted octanol–water partition coefficient (Wildman–Crippen LogP) is 5.79. The summed E-state index contributed by atoms with van der Waals surface area (Å²) in [7, 11) is 0. The molecule has 6 heteroatoms. The van der Waals surface area contributed by atoms with Gasteiger partial charge in [-0.25, -0.2) is 4.98 Å². The maximum Gasteiger partial charge on any atom is 0.201 e. The van der Waals surface area contributed by atoms with E-state index in [1.807, 2.05) is 30.3 Å². The monoisotopic (exact) mass is 431 g/mol. The second kappa shape index (κ2) is 8.52. The third-order valence-corrected chi connectivity index (χ3v) is 6.36. The van der Waals surface area contributed by atoms with Crippen LogP contribution in [0.15, 0.2) is 66.7 Å². The van der Waals surface area contributed by atoms with Gasteiger partial charge in [-0.15, -0.1) is 0 Å². The standard InChI is InChI=1S/C25H26ClN5/c26-20-5-3-18(4-6-20)19-11-13-31(14-12-19)22-8-1-17(2-9-22)16-28-25-29-23-10-7-21(27)15-24(23)30-25/h1-10,15,19H,11-14,16,27H2,(H2,28,29,30). The Morgan fingerprint density at radius 2 is 1.74 bits per heavy atom. The molecular weight excluding hydrogens is 406 g/mol. The summed E-state index contributed by atoms with van der Waals surface area (Å²) >= 11 is 6.03. The van der Waals surface area contributed by atoms with Gasteiger partial charge in [0.05, 0.1) is 11.0 Å². The molecule has 2 heterocycles. The molecular formula is C25H26ClN5. The molecule has 3 aromatic carbocycles. The molecule has 1 aliphatic rings. The molecule has 0 unspecified atom stereocenters. The summed E-state index contributed by atoms with van der Waals surface area (Å²) in [6.07, 6.45) is 2.34. The zero-order valence-electron chi connectivity index (χ0n) is 17.3. The van der Waals surface area contributed by atoms with Crippen molar-refractivity contribution in [3.8, 4) is 0 Å². The molecule has 1 fully saturated rings. The molecule has 5 rings (SSSR count). The first-order chi connectivity index (χ1) is 15.1. The summed E-state index contributed by atoms with van der Waals surface area (Å²) < 4.78 is 0. The van der Waals surface area contributed by atoms with Gasteiger partial charge in [0, 0.05) is 36.0 Å². The van der Waals surface area contributed by atoms with E-state index in [0.29, 0.717) is 12.5 Å². The van der Waals surface area contributed by atoms with E-state index in [-0.39, 0.29) is 0 Å². The number of nitrogens with two attached hydrogens (primary N) is 1. The van der Waals surface area contributed by atoms with Gasteiger partial charge in [-0.05, 0) is 72.4 Å². The van der Waals surface area contributed by atoms with Crippen LogP contribution in [0.25, 0.3) is 11.0 Å². The van der Waals surface area contributed by atoms with Crippen molar-refractivity contribution >= 4 is 40.0 Å². The van der Waals surface area contributed by atoms with Gasteiger partial charge in [-0.3, -0.25) is 0 Å². The van der Waals surface area contributed by atoms with Crippen molar-refractivity contribution in [2.45, 2.75) is 25.3 Å². The number of hydrogen-bond donors (Lipinski definition) is 3. The number of H-pyrrole nitrogens is 1. The Balaban J connectivity index is 1.17. The second-order valence-corrected chi connectivity index (χ2v) is 8.63. The van der Waals surface area contributed by atoms with Crippen LogP contribution in [0.1, 0.15) is 29.9 Å². The fourth-order valence-electron chi connectivity index (χ4n) is 4.33. The summed E-state index contributed by atoms with van der Waals surface area (Å²) in [4.78, 5) is 10.3. The van der Waals surface area contributed by atoms with Gasteiger partial charge in [0.2, 0.25) is 5.95 Å². The number of rotatable bonds is 5. The Morgan fingerprint density at radius 1 is 1.00 bits per heavy atom. The number of anilines is 3. The fraction of sp³-hybridized carbons (Fsp3) is 0.240. The predicted molar refractivity (Wildman–Crippen MR) is 130 cm³/mol. The molecule has 0 aliphatic carbocycles. The number of benzene rings is 3. The van der Waals surface area contributed by atoms with Crippen LogP contribution >= 0.6 is 11.6 Å². The Hall–Kier alpha value is -3.18. The van der Waals surface area contributed by atoms with Crippen LogP contribution in [-0.2, 0) is 6.54 Å². The maximum absolute atomic E-state index is 6.03. The first-order valence-corrected chi connectivity index (χ1v) is 11.1. The Morgan fingerprint density at radius 3 is 2.48 bits per heavy atom. The van der Waals surface area contributed by atoms with Gasteiger partial charge < -0.3 is 20.9 Å². The molecule has 0 amide bonds. The van der Waals surface area contributed by atoms with Crippen LogP contribution in [0.4, 0.5) is 17.3 Å². The smallest absolute Gasteiger partial charge is 0.201 e. The quantitative estimate of drug-likeness (QED) is 0.349. The van der Waals surface area contributed by atoms with Crippen LogP contribution in [0.5, 0.6) is 0 Å². The first kappa shape index (κ1) is 19.8. The van der Waals surface area contributed by atoms with Gasteiger partial charge in [0.25, 0.3) is 0 Å². The Labute approximate surface area is 187 Å². The lowest BCUT2D eigenvalue weighted by atomic mass is 9.89. The summed E-state index contributed by atoms with van der Waals surface area (Å²) in [6, 6.07) is 22.8. The lowest BCUT2D eigenvalue weighted by Gasteiger charge is -2.34. The van der Waals surface area contributed by atoms with Crippen molar-refractivity contribution in [1.82, 2.24) is 9.97 Å². The average molecular weight is 432 g/mol. The van der Waals surface area contributed by atoms with Crippen molar-refractivity contribution in [2.24, 2.45) is 0 Å². The van der Waals surface area contributed by atoms with Gasteiger partial charge in [0.1, 0.15) is 0 Å². The molecule has 158 valence electrons. The normalized spacial score (nSPS) is 14.8. The summed E-state index contributed by atoms with van der Waals surface area (Å²) in [5.74, 6) is 1.38. The van der Waals surface area contributed by atoms with Gasteiger partial charge >= 0.3 is 0 Å². The van der Waals surface area contributed by atoms with E-state index in [9.17, 15) is 0 Å². The minimum Gasteiger partial charge on any atom is -0.399 e. The molecule has 1 saturated heterocycles. The van der Waals surface area contributed by atoms with E-state index in [0.717, 1.165) is 40.8 Å². The lowest BCUT2D eigenvalue weighted by molar-refractivity contribution is 0.505. The van der Waals surface area contributed by atoms with Crippen molar-refractivity contribution in [1.29, 1.82) is 0 Å². The molecule has 0 spiro atoms. The summed E-state index contributed by atoms with van der Waals surface area (Å²) in [5, 5.41) is 4.17. The van der Waals surface area contributed by atoms with Crippen molar-refractivity contribution in [2.75, 3.05) is 29.0 Å². The number of imidazole rings is 1. The number of piperidine rings is 1. The van der Waals surface area contributed by atoms with Crippen molar-refractivity contribution in [3.05, 3.63) is 82.9 Å². The van der Waals surface area contributed by atoms with E-state index in [1.165, 1.54) is 29.7 Å². The largest absolute Gasteiger partial charge is 0.399 e. The number of nitrogen functional groups attached to an aromatic ring is 1. The summed E-state index contributed by atoms with van der Waals surface area (Å²) in [5.41, 5.74) is 12.3. The molecule has 0 bridgehead atoms. The molecule has 1 aliphatic heterocycles. The van der Waals surface area contributed by atoms with E-state index >= 15 is 0 Å². The van der Waals surface area contributed by atoms with Crippen molar-refractivity contribution in [3.63, 3.8) is 0 Å². The van der Waals surface area contributed by atoms with Crippen LogP contribution in [0.3, 0.4) is 0 Å². The van der Waals surface area contributed by atoms with Crippen LogP contribution in [0.2, 0.25) is 5.02 Å². The number of aromatic nitrogens is 2. The highest BCUT2D eigenvalue weighted by Crippen LogP contribution is 2.31. The Bertz CT molecular complexity index is 1160. The van der Waals surface area contributed by atoms with E-state index < -0.39 is 0 Å². The lowest BCUT2D eigenvalue weighted by Crippen LogP contribution is -2.32. The molecule has 0 saturated carbocycles. The molecule has 1 aromatic heterocycles. The van der Waals surface area contributed by atoms with Crippen LogP contribution in [-0.4, -0.2) is 23.1 Å². The minimum absolute atomic E-state index is 0.621. The molecule has 4 aromatic rings. The fourth-order valence-corrected chi connectivity index (χ4v) is 4.45. The third kappa shape index (κ3) is 4.47. The van der Waals surface area contributed by atoms with Crippen molar-refractivity contribution < 1.29 is 0 Å². The Kier molecular flexibility index (Phi) is 5.43. The number of halogens is 1. The summed E-state index contributed by atoms with van der Waals surface area (Å²) in [6.45, 7) is 2.87. The average Bonchev–Trinajstić information content (AvgIpc) is 3.21. The highest BCUT2D eigenvalue weighted by Gasteiger charge is 2.20. The number of aromatic amines is 1. The first-order valence-electron chi connectivity index (χ1n) is 10.7. The molecule has 0 atom stereocenters. The zero-order chi connectivity index (χ0) is 21.2. The van der Waals surface area contributed by atoms with E-state index in [2.05, 4.69) is 56.6 Å². The minimum atomic E-state index is 0.621. The molecule has 0 radical (unpaired) electrons. The molecule has 4 N–H and O–H groups in total. The number of nitrogens with one attached hydrogen (secondary N) is 2.